The van der Waals surface area contributed by atoms with Gasteiger partial charge in [-0.25, -0.2) is 9.59 Å². The highest BCUT2D eigenvalue weighted by molar-refractivity contribution is 8.99. The van der Waals surface area contributed by atoms with Crippen molar-refractivity contribution < 1.29 is 32.9 Å². The van der Waals surface area contributed by atoms with Crippen LogP contribution in [-0.2, 0) is 28.2 Å². The topological polar surface area (TPSA) is 120 Å². The van der Waals surface area contributed by atoms with Crippen LogP contribution in [-0.4, -0.2) is 61.8 Å². The van der Waals surface area contributed by atoms with Gasteiger partial charge >= 0.3 is 12.1 Å². The van der Waals surface area contributed by atoms with Gasteiger partial charge in [-0.1, -0.05) is 24.6 Å². The smallest absolute Gasteiger partial charge is 0.408 e. The Balaban J connectivity index is 5.23. The molecule has 9 nitrogen and oxygen atoms in total. The Kier molecular flexibility index (Phi) is 12.3. The average Bonchev–Trinajstić information content (AvgIpc) is 2.55. The average molecular weight is 473 g/mol. The minimum Gasteiger partial charge on any atom is -0.467 e. The molecule has 0 aliphatic rings. The third kappa shape index (κ3) is 12.4. The number of esters is 1. The number of hydrogen-bond donors (Lipinski definition) is 2. The van der Waals surface area contributed by atoms with Crippen molar-refractivity contribution in [3.63, 3.8) is 0 Å². The second kappa shape index (κ2) is 12.7. The van der Waals surface area contributed by atoms with Crippen molar-refractivity contribution in [3.05, 3.63) is 0 Å². The number of ether oxygens (including phenoxy) is 2. The van der Waals surface area contributed by atoms with Crippen molar-refractivity contribution in [2.75, 3.05) is 26.1 Å². The van der Waals surface area contributed by atoms with E-state index in [1.54, 1.807) is 41.5 Å². The Hall–Kier alpha value is -0.900. The quantitative estimate of drug-likeness (QED) is 0.265. The fourth-order valence-corrected chi connectivity index (χ4v) is 7.37. The van der Waals surface area contributed by atoms with E-state index in [1.165, 1.54) is 13.8 Å². The summed E-state index contributed by atoms with van der Waals surface area (Å²) in [5.74, 6) is -1.28. The number of hydrogen-bond acceptors (Lipinski definition) is 9. The molecule has 0 heterocycles. The van der Waals surface area contributed by atoms with Crippen molar-refractivity contribution in [1.82, 2.24) is 10.6 Å². The molecule has 0 rings (SSSR count). The third-order valence-corrected chi connectivity index (χ3v) is 10.0. The largest absolute Gasteiger partial charge is 0.467 e. The van der Waals surface area contributed by atoms with Gasteiger partial charge in [0.15, 0.2) is 0 Å². The summed E-state index contributed by atoms with van der Waals surface area (Å²) in [6.45, 7) is 9.27. The Morgan fingerprint density at radius 1 is 1.14 bits per heavy atom. The van der Waals surface area contributed by atoms with Gasteiger partial charge in [-0.15, -0.1) is 0 Å². The van der Waals surface area contributed by atoms with Crippen molar-refractivity contribution >= 4 is 45.7 Å². The lowest BCUT2D eigenvalue weighted by Gasteiger charge is -2.25. The highest BCUT2D eigenvalue weighted by Gasteiger charge is 2.31. The molecule has 0 aromatic heterocycles. The van der Waals surface area contributed by atoms with Gasteiger partial charge in [-0.2, -0.15) is 0 Å². The molecule has 1 unspecified atom stereocenters. The van der Waals surface area contributed by atoms with Crippen molar-refractivity contribution in [2.24, 2.45) is 5.92 Å². The predicted molar refractivity (Wildman–Crippen MR) is 117 cm³/mol. The third-order valence-electron chi connectivity index (χ3n) is 3.21. The van der Waals surface area contributed by atoms with Gasteiger partial charge in [0.05, 0.1) is 13.7 Å². The fraction of sp³-hybridized carbons (Fsp3) is 0.824. The Labute approximate surface area is 180 Å². The molecule has 0 radical (unpaired) electrons. The number of methoxy groups -OCH3 is 1. The highest BCUT2D eigenvalue weighted by Crippen LogP contribution is 2.61. The summed E-state index contributed by atoms with van der Waals surface area (Å²) in [6, 6.07) is -1.89. The van der Waals surface area contributed by atoms with Gasteiger partial charge in [0.2, 0.25) is 5.91 Å². The zero-order valence-corrected chi connectivity index (χ0v) is 20.8. The summed E-state index contributed by atoms with van der Waals surface area (Å²) in [5, 5.41) is 5.10. The standard InChI is InChI=1S/C17H33N2O7PS2/c1-9-25-27(8,23)29-28-10-12(18-16(22)26-17(4,5)6)14(20)19-13(11(2)3)15(21)24-7/h11-13H,9-10H2,1-8H3,(H,18,22)(H,19,20)/t12-,13-,27?/m0/s1. The summed E-state index contributed by atoms with van der Waals surface area (Å²) in [5.41, 5.74) is -0.742. The van der Waals surface area contributed by atoms with Crippen LogP contribution < -0.4 is 10.6 Å². The van der Waals surface area contributed by atoms with E-state index in [1.807, 2.05) is 0 Å². The van der Waals surface area contributed by atoms with E-state index < -0.39 is 42.2 Å². The number of carbonyl (C=O) groups excluding carboxylic acids is 3. The second-order valence-corrected chi connectivity index (χ2v) is 14.5. The van der Waals surface area contributed by atoms with Gasteiger partial charge in [0, 0.05) is 12.4 Å². The lowest BCUT2D eigenvalue weighted by atomic mass is 10.0. The maximum atomic E-state index is 12.7. The van der Waals surface area contributed by atoms with Crippen LogP contribution in [0.2, 0.25) is 0 Å². The zero-order chi connectivity index (χ0) is 22.8. The Morgan fingerprint density at radius 3 is 2.17 bits per heavy atom. The maximum Gasteiger partial charge on any atom is 0.408 e. The van der Waals surface area contributed by atoms with Crippen LogP contribution in [0.5, 0.6) is 0 Å². The first kappa shape index (κ1) is 28.1. The van der Waals surface area contributed by atoms with Crippen LogP contribution in [0, 0.1) is 5.92 Å². The minimum atomic E-state index is -2.88. The molecule has 0 aromatic carbocycles. The molecule has 0 aliphatic heterocycles. The number of alkyl carbamates (subject to hydrolysis) is 1. The molecule has 0 saturated carbocycles. The highest BCUT2D eigenvalue weighted by atomic mass is 33.3. The van der Waals surface area contributed by atoms with Crippen LogP contribution >= 0.6 is 27.8 Å². The molecule has 0 fully saturated rings. The molecule has 3 atom stereocenters. The van der Waals surface area contributed by atoms with Crippen LogP contribution in [0.3, 0.4) is 0 Å². The first-order valence-corrected chi connectivity index (χ1v) is 14.1. The van der Waals surface area contributed by atoms with Crippen molar-refractivity contribution in [3.8, 4) is 0 Å². The summed E-state index contributed by atoms with van der Waals surface area (Å²) in [6.07, 6.45) is -0.771. The molecule has 0 spiro atoms. The van der Waals surface area contributed by atoms with E-state index in [2.05, 4.69) is 10.6 Å². The van der Waals surface area contributed by atoms with Crippen LogP contribution in [0.15, 0.2) is 0 Å². The summed E-state index contributed by atoms with van der Waals surface area (Å²) < 4.78 is 27.3. The number of amides is 2. The normalized spacial score (nSPS) is 15.8. The summed E-state index contributed by atoms with van der Waals surface area (Å²) in [7, 11) is 3.37. The van der Waals surface area contributed by atoms with Gasteiger partial charge in [0.1, 0.15) is 17.7 Å². The first-order chi connectivity index (χ1) is 13.2. The van der Waals surface area contributed by atoms with Gasteiger partial charge < -0.3 is 24.6 Å². The van der Waals surface area contributed by atoms with E-state index in [0.717, 1.165) is 21.2 Å². The molecule has 0 aromatic rings. The SMILES string of the molecule is CCOP(C)(=O)SSC[C@H](NC(=O)OC(C)(C)C)C(=O)N[C@H](C(=O)OC)C(C)C. The van der Waals surface area contributed by atoms with Gasteiger partial charge in [0.25, 0.3) is 6.57 Å². The van der Waals surface area contributed by atoms with Crippen molar-refractivity contribution in [2.45, 2.75) is 59.2 Å². The molecular formula is C17H33N2O7PS2. The number of nitrogens with one attached hydrogen (secondary N) is 2. The van der Waals surface area contributed by atoms with E-state index in [4.69, 9.17) is 14.0 Å². The van der Waals surface area contributed by atoms with Crippen LogP contribution in [0.1, 0.15) is 41.5 Å². The molecule has 2 amide bonds. The van der Waals surface area contributed by atoms with Crippen molar-refractivity contribution in [1.29, 1.82) is 0 Å². The maximum absolute atomic E-state index is 12.7. The summed E-state index contributed by atoms with van der Waals surface area (Å²) >= 11 is 0. The van der Waals surface area contributed by atoms with E-state index in [9.17, 15) is 18.9 Å². The lowest BCUT2D eigenvalue weighted by Crippen LogP contribution is -2.54. The Morgan fingerprint density at radius 2 is 1.72 bits per heavy atom. The van der Waals surface area contributed by atoms with E-state index >= 15 is 0 Å². The summed E-state index contributed by atoms with van der Waals surface area (Å²) in [4.78, 5) is 36.8. The lowest BCUT2D eigenvalue weighted by molar-refractivity contribution is -0.146. The molecule has 29 heavy (non-hydrogen) atoms. The number of rotatable bonds is 11. The number of carbonyl (C=O) groups is 3. The molecule has 0 bridgehead atoms. The molecule has 12 heteroatoms. The second-order valence-electron chi connectivity index (χ2n) is 7.50. The predicted octanol–water partition coefficient (Wildman–Crippen LogP) is 3.43. The molecule has 170 valence electrons. The van der Waals surface area contributed by atoms with Gasteiger partial charge in [-0.05, 0) is 44.0 Å². The Bertz CT molecular complexity index is 611. The first-order valence-electron chi connectivity index (χ1n) is 9.13. The van der Waals surface area contributed by atoms with E-state index in [-0.39, 0.29) is 11.7 Å². The van der Waals surface area contributed by atoms with E-state index in [0.29, 0.717) is 6.61 Å². The molecule has 0 aliphatic carbocycles. The minimum absolute atomic E-state index is 0.0899. The van der Waals surface area contributed by atoms with Crippen LogP contribution in [0.4, 0.5) is 4.79 Å². The molecular weight excluding hydrogens is 439 g/mol. The molecule has 0 saturated heterocycles. The van der Waals surface area contributed by atoms with Gasteiger partial charge in [-0.3, -0.25) is 9.36 Å². The van der Waals surface area contributed by atoms with Crippen LogP contribution in [0.25, 0.3) is 0 Å². The fourth-order valence-electron chi connectivity index (χ4n) is 1.96. The zero-order valence-electron chi connectivity index (χ0n) is 18.3. The molecule has 2 N–H and O–H groups in total. The monoisotopic (exact) mass is 472 g/mol.